The molecule has 1 N–H and O–H groups in total. The van der Waals surface area contributed by atoms with Gasteiger partial charge in [0.2, 0.25) is 0 Å². The van der Waals surface area contributed by atoms with Gasteiger partial charge in [-0.15, -0.1) is 6.58 Å². The molecule has 1 atom stereocenters. The lowest BCUT2D eigenvalue weighted by Crippen LogP contribution is -2.53. The van der Waals surface area contributed by atoms with E-state index in [1.807, 2.05) is 24.1 Å². The summed E-state index contributed by atoms with van der Waals surface area (Å²) < 4.78 is 23.0. The lowest BCUT2D eigenvalue weighted by atomic mass is 10.2. The Morgan fingerprint density at radius 3 is 2.65 bits per heavy atom. The van der Waals surface area contributed by atoms with Crippen LogP contribution in [-0.4, -0.2) is 61.7 Å². The first kappa shape index (κ1) is 14.4. The summed E-state index contributed by atoms with van der Waals surface area (Å²) in [6, 6.07) is -0.0696. The molecule has 0 bridgehead atoms. The number of thiocarbonyl (C=S) groups is 1. The molecule has 5 nitrogen and oxygen atoms in total. The van der Waals surface area contributed by atoms with Gasteiger partial charge in [0.25, 0.3) is 0 Å². The maximum absolute atomic E-state index is 11.5. The minimum atomic E-state index is -2.90. The van der Waals surface area contributed by atoms with E-state index in [1.54, 1.807) is 6.08 Å². The Morgan fingerprint density at radius 1 is 1.59 bits per heavy atom. The molecular weight excluding hydrogens is 258 g/mol. The Labute approximate surface area is 108 Å². The van der Waals surface area contributed by atoms with Crippen LogP contribution in [0.5, 0.6) is 0 Å². The molecule has 0 spiro atoms. The first-order chi connectivity index (χ1) is 7.87. The van der Waals surface area contributed by atoms with Crippen molar-refractivity contribution in [3.05, 3.63) is 12.7 Å². The molecule has 1 rings (SSSR count). The summed E-state index contributed by atoms with van der Waals surface area (Å²) in [6.07, 6.45) is 2.34. The van der Waals surface area contributed by atoms with Crippen LogP contribution in [0.4, 0.5) is 0 Å². The molecule has 1 saturated heterocycles. The van der Waals surface area contributed by atoms with Crippen molar-refractivity contribution in [1.29, 1.82) is 0 Å². The van der Waals surface area contributed by atoms with Crippen molar-refractivity contribution >= 4 is 27.2 Å². The third-order valence-electron chi connectivity index (χ3n) is 2.59. The highest BCUT2D eigenvalue weighted by Crippen LogP contribution is 2.18. The van der Waals surface area contributed by atoms with E-state index < -0.39 is 9.84 Å². The minimum absolute atomic E-state index is 0.0696. The Bertz CT molecular complexity index is 392. The molecule has 0 radical (unpaired) electrons. The molecule has 0 saturated carbocycles. The van der Waals surface area contributed by atoms with Crippen LogP contribution in [0.2, 0.25) is 0 Å². The first-order valence-electron chi connectivity index (χ1n) is 5.43. The highest BCUT2D eigenvalue weighted by Gasteiger charge is 2.34. The van der Waals surface area contributed by atoms with Gasteiger partial charge in [-0.1, -0.05) is 6.08 Å². The van der Waals surface area contributed by atoms with E-state index in [9.17, 15) is 8.42 Å². The minimum Gasteiger partial charge on any atom is -0.358 e. The molecule has 0 aromatic carbocycles. The second-order valence-electron chi connectivity index (χ2n) is 4.22. The molecule has 0 aromatic rings. The number of hydrogen-bond donors (Lipinski definition) is 1. The summed E-state index contributed by atoms with van der Waals surface area (Å²) in [5, 5.41) is 7.21. The van der Waals surface area contributed by atoms with Gasteiger partial charge in [-0.05, 0) is 18.6 Å². The lowest BCUT2D eigenvalue weighted by Gasteiger charge is -2.35. The molecule has 17 heavy (non-hydrogen) atoms. The normalized spacial score (nSPS) is 22.4. The van der Waals surface area contributed by atoms with Crippen molar-refractivity contribution in [3.8, 4) is 0 Å². The maximum atomic E-state index is 11.5. The topological polar surface area (TPSA) is 52.7 Å². The van der Waals surface area contributed by atoms with E-state index in [2.05, 4.69) is 11.9 Å². The maximum Gasteiger partial charge on any atom is 0.184 e. The van der Waals surface area contributed by atoms with Crippen molar-refractivity contribution in [3.63, 3.8) is 0 Å². The molecule has 0 aromatic heterocycles. The SMILES string of the molecule is C=CCNC(=S)N([C@@H]1CCS(=O)(=O)C1)N(C)C. The smallest absolute Gasteiger partial charge is 0.184 e. The van der Waals surface area contributed by atoms with Crippen LogP contribution in [-0.2, 0) is 9.84 Å². The zero-order valence-corrected chi connectivity index (χ0v) is 11.9. The van der Waals surface area contributed by atoms with Crippen LogP contribution in [0.1, 0.15) is 6.42 Å². The van der Waals surface area contributed by atoms with Gasteiger partial charge in [-0.2, -0.15) is 0 Å². The predicted octanol–water partition coefficient (Wildman–Crippen LogP) is 0.0126. The molecule has 98 valence electrons. The van der Waals surface area contributed by atoms with Crippen molar-refractivity contribution in [1.82, 2.24) is 15.3 Å². The van der Waals surface area contributed by atoms with Gasteiger partial charge in [0.15, 0.2) is 14.9 Å². The van der Waals surface area contributed by atoms with Crippen molar-refractivity contribution in [2.75, 3.05) is 32.1 Å². The third-order valence-corrected chi connectivity index (χ3v) is 4.67. The molecule has 0 unspecified atom stereocenters. The van der Waals surface area contributed by atoms with Crippen molar-refractivity contribution < 1.29 is 8.42 Å². The number of sulfone groups is 1. The largest absolute Gasteiger partial charge is 0.358 e. The third kappa shape index (κ3) is 3.93. The van der Waals surface area contributed by atoms with Gasteiger partial charge in [0, 0.05) is 20.6 Å². The van der Waals surface area contributed by atoms with Crippen LogP contribution in [0, 0.1) is 0 Å². The summed E-state index contributed by atoms with van der Waals surface area (Å²) in [5.74, 6) is 0.410. The van der Waals surface area contributed by atoms with Gasteiger partial charge in [-0.3, -0.25) is 5.01 Å². The zero-order valence-electron chi connectivity index (χ0n) is 10.2. The molecule has 1 aliphatic heterocycles. The van der Waals surface area contributed by atoms with E-state index in [-0.39, 0.29) is 17.5 Å². The van der Waals surface area contributed by atoms with Crippen LogP contribution in [0.25, 0.3) is 0 Å². The summed E-state index contributed by atoms with van der Waals surface area (Å²) in [4.78, 5) is 0. The molecular formula is C10H19N3O2S2. The highest BCUT2D eigenvalue weighted by molar-refractivity contribution is 7.91. The van der Waals surface area contributed by atoms with E-state index >= 15 is 0 Å². The quantitative estimate of drug-likeness (QED) is 0.444. The number of nitrogens with zero attached hydrogens (tertiary/aromatic N) is 2. The standard InChI is InChI=1S/C10H19N3O2S2/c1-4-6-11-10(16)13(12(2)3)9-5-7-17(14,15)8-9/h4,9H,1,5-8H2,2-3H3,(H,11,16)/t9-/m1/s1. The number of rotatable bonds is 4. The summed E-state index contributed by atoms with van der Waals surface area (Å²) in [7, 11) is 0.804. The van der Waals surface area contributed by atoms with Crippen LogP contribution in [0.3, 0.4) is 0 Å². The Hall–Kier alpha value is -0.660. The number of hydrazine groups is 1. The molecule has 1 fully saturated rings. The highest BCUT2D eigenvalue weighted by atomic mass is 32.2. The Morgan fingerprint density at radius 2 is 2.24 bits per heavy atom. The summed E-state index contributed by atoms with van der Waals surface area (Å²) in [5.41, 5.74) is 0. The number of hydrogen-bond acceptors (Lipinski definition) is 4. The molecule has 1 aliphatic rings. The van der Waals surface area contributed by atoms with Crippen LogP contribution < -0.4 is 5.32 Å². The molecule has 1 heterocycles. The van der Waals surface area contributed by atoms with Crippen LogP contribution in [0.15, 0.2) is 12.7 Å². The fourth-order valence-corrected chi connectivity index (χ4v) is 3.97. The Balaban J connectivity index is 2.73. The lowest BCUT2D eigenvalue weighted by molar-refractivity contribution is 0.0716. The molecule has 0 amide bonds. The second-order valence-corrected chi connectivity index (χ2v) is 6.84. The van der Waals surface area contributed by atoms with Crippen LogP contribution >= 0.6 is 12.2 Å². The molecule has 0 aliphatic carbocycles. The van der Waals surface area contributed by atoms with Gasteiger partial charge in [0.1, 0.15) is 0 Å². The summed E-state index contributed by atoms with van der Waals surface area (Å²) in [6.45, 7) is 4.18. The van der Waals surface area contributed by atoms with Gasteiger partial charge >= 0.3 is 0 Å². The predicted molar refractivity (Wildman–Crippen MR) is 73.4 cm³/mol. The Kier molecular flexibility index (Phi) is 4.91. The first-order valence-corrected chi connectivity index (χ1v) is 7.66. The zero-order chi connectivity index (χ0) is 13.1. The van der Waals surface area contributed by atoms with Crippen molar-refractivity contribution in [2.24, 2.45) is 0 Å². The average molecular weight is 277 g/mol. The fourth-order valence-electron chi connectivity index (χ4n) is 1.88. The number of nitrogens with one attached hydrogen (secondary N) is 1. The van der Waals surface area contributed by atoms with E-state index in [0.717, 1.165) is 0 Å². The van der Waals surface area contributed by atoms with E-state index in [4.69, 9.17) is 12.2 Å². The fraction of sp³-hybridized carbons (Fsp3) is 0.700. The van der Waals surface area contributed by atoms with E-state index in [1.165, 1.54) is 0 Å². The van der Waals surface area contributed by atoms with E-state index in [0.29, 0.717) is 18.1 Å². The summed E-state index contributed by atoms with van der Waals surface area (Å²) >= 11 is 5.26. The van der Waals surface area contributed by atoms with Gasteiger partial charge in [0.05, 0.1) is 17.5 Å². The van der Waals surface area contributed by atoms with Gasteiger partial charge in [-0.25, -0.2) is 13.4 Å². The molecule has 7 heteroatoms. The van der Waals surface area contributed by atoms with Crippen molar-refractivity contribution in [2.45, 2.75) is 12.5 Å². The average Bonchev–Trinajstić information content (AvgIpc) is 2.55. The second kappa shape index (κ2) is 5.79. The van der Waals surface area contributed by atoms with Gasteiger partial charge < -0.3 is 5.32 Å². The monoisotopic (exact) mass is 277 g/mol.